The minimum Gasteiger partial charge on any atom is -0.356 e. The largest absolute Gasteiger partial charge is 0.356 e. The van der Waals surface area contributed by atoms with Crippen molar-refractivity contribution >= 4 is 5.91 Å². The number of halogens is 2. The molecule has 0 saturated heterocycles. The molecule has 0 unspecified atom stereocenters. The summed E-state index contributed by atoms with van der Waals surface area (Å²) in [6.07, 6.45) is 0.751. The summed E-state index contributed by atoms with van der Waals surface area (Å²) in [5.41, 5.74) is 1.36. The lowest BCUT2D eigenvalue weighted by Crippen LogP contribution is -2.32. The number of hydrogen-bond donors (Lipinski definition) is 1. The number of rotatable bonds is 6. The van der Waals surface area contributed by atoms with Crippen LogP contribution in [0.3, 0.4) is 0 Å². The maximum Gasteiger partial charge on any atom is 0.220 e. The first-order chi connectivity index (χ1) is 10.9. The van der Waals surface area contributed by atoms with Gasteiger partial charge in [0.25, 0.3) is 0 Å². The Kier molecular flexibility index (Phi) is 5.48. The molecule has 0 fully saturated rings. The summed E-state index contributed by atoms with van der Waals surface area (Å²) in [6, 6.07) is 13.3. The van der Waals surface area contributed by atoms with E-state index >= 15 is 0 Å². The van der Waals surface area contributed by atoms with Gasteiger partial charge in [-0.2, -0.15) is 0 Å². The quantitative estimate of drug-likeness (QED) is 0.857. The van der Waals surface area contributed by atoms with E-state index in [9.17, 15) is 13.6 Å². The van der Waals surface area contributed by atoms with Crippen LogP contribution < -0.4 is 5.32 Å². The molecule has 0 heterocycles. The van der Waals surface area contributed by atoms with Gasteiger partial charge in [0, 0.05) is 19.0 Å². The van der Waals surface area contributed by atoms with Gasteiger partial charge in [-0.25, -0.2) is 8.78 Å². The molecule has 0 aliphatic rings. The minimum atomic E-state index is -0.600. The van der Waals surface area contributed by atoms with Crippen LogP contribution in [0.25, 0.3) is 0 Å². The molecule has 0 radical (unpaired) electrons. The molecule has 1 amide bonds. The van der Waals surface area contributed by atoms with Gasteiger partial charge in [-0.1, -0.05) is 44.2 Å². The van der Waals surface area contributed by atoms with Gasteiger partial charge < -0.3 is 5.32 Å². The predicted octanol–water partition coefficient (Wildman–Crippen LogP) is 3.99. The highest BCUT2D eigenvalue weighted by Gasteiger charge is 2.23. The molecule has 0 aliphatic carbocycles. The molecule has 23 heavy (non-hydrogen) atoms. The van der Waals surface area contributed by atoms with Crippen LogP contribution in [0, 0.1) is 11.6 Å². The standard InChI is InChI=1S/C19H21F2NO/c1-19(2,15-6-4-3-5-7-15)13-18(23)22-9-8-14-10-16(20)12-17(21)11-14/h3-7,10-12H,8-9,13H2,1-2H3,(H,22,23). The molecule has 4 heteroatoms. The second kappa shape index (κ2) is 7.36. The van der Waals surface area contributed by atoms with Crippen molar-refractivity contribution in [1.82, 2.24) is 5.32 Å². The van der Waals surface area contributed by atoms with E-state index in [0.29, 0.717) is 24.9 Å². The van der Waals surface area contributed by atoms with Crippen molar-refractivity contribution in [3.63, 3.8) is 0 Å². The Hall–Kier alpha value is -2.23. The van der Waals surface area contributed by atoms with Crippen LogP contribution in [0.4, 0.5) is 8.78 Å². The third-order valence-electron chi connectivity index (χ3n) is 3.82. The van der Waals surface area contributed by atoms with E-state index in [0.717, 1.165) is 11.6 Å². The van der Waals surface area contributed by atoms with E-state index in [-0.39, 0.29) is 11.3 Å². The summed E-state index contributed by atoms with van der Waals surface area (Å²) in [7, 11) is 0. The fourth-order valence-corrected chi connectivity index (χ4v) is 2.56. The van der Waals surface area contributed by atoms with Crippen molar-refractivity contribution < 1.29 is 13.6 Å². The smallest absolute Gasteiger partial charge is 0.220 e. The van der Waals surface area contributed by atoms with Crippen LogP contribution in [0.5, 0.6) is 0 Å². The van der Waals surface area contributed by atoms with E-state index in [2.05, 4.69) is 5.32 Å². The first kappa shape index (κ1) is 17.1. The van der Waals surface area contributed by atoms with Gasteiger partial charge in [-0.3, -0.25) is 4.79 Å². The molecule has 2 aromatic carbocycles. The minimum absolute atomic E-state index is 0.0734. The van der Waals surface area contributed by atoms with E-state index in [4.69, 9.17) is 0 Å². The zero-order chi connectivity index (χ0) is 16.9. The summed E-state index contributed by atoms with van der Waals surface area (Å²) in [6.45, 7) is 4.39. The summed E-state index contributed by atoms with van der Waals surface area (Å²) >= 11 is 0. The van der Waals surface area contributed by atoms with Crippen molar-refractivity contribution in [2.24, 2.45) is 0 Å². The molecule has 0 saturated carbocycles. The Bertz CT molecular complexity index is 648. The van der Waals surface area contributed by atoms with Crippen molar-refractivity contribution in [3.8, 4) is 0 Å². The number of carbonyl (C=O) groups excluding carboxylic acids is 1. The first-order valence-electron chi connectivity index (χ1n) is 7.64. The Morgan fingerprint density at radius 2 is 1.65 bits per heavy atom. The fourth-order valence-electron chi connectivity index (χ4n) is 2.56. The van der Waals surface area contributed by atoms with Gasteiger partial charge in [-0.05, 0) is 35.1 Å². The fraction of sp³-hybridized carbons (Fsp3) is 0.316. The highest BCUT2D eigenvalue weighted by Crippen LogP contribution is 2.26. The van der Waals surface area contributed by atoms with Crippen LogP contribution in [-0.2, 0) is 16.6 Å². The van der Waals surface area contributed by atoms with E-state index in [1.165, 1.54) is 12.1 Å². The summed E-state index contributed by atoms with van der Waals surface area (Å²) in [5, 5.41) is 2.81. The van der Waals surface area contributed by atoms with Crippen LogP contribution in [0.1, 0.15) is 31.4 Å². The zero-order valence-electron chi connectivity index (χ0n) is 13.4. The van der Waals surface area contributed by atoms with E-state index < -0.39 is 11.6 Å². The lowest BCUT2D eigenvalue weighted by molar-refractivity contribution is -0.122. The summed E-state index contributed by atoms with van der Waals surface area (Å²) in [4.78, 5) is 12.1. The first-order valence-corrected chi connectivity index (χ1v) is 7.64. The Balaban J connectivity index is 1.85. The van der Waals surface area contributed by atoms with Crippen molar-refractivity contribution in [2.75, 3.05) is 6.54 Å². The molecule has 0 atom stereocenters. The van der Waals surface area contributed by atoms with E-state index in [1.54, 1.807) is 0 Å². The Labute approximate surface area is 135 Å². The second-order valence-corrected chi connectivity index (χ2v) is 6.30. The SMILES string of the molecule is CC(C)(CC(=O)NCCc1cc(F)cc(F)c1)c1ccccc1. The van der Waals surface area contributed by atoms with Crippen LogP contribution >= 0.6 is 0 Å². The second-order valence-electron chi connectivity index (χ2n) is 6.30. The Morgan fingerprint density at radius 1 is 1.04 bits per heavy atom. The molecule has 0 aromatic heterocycles. The van der Waals surface area contributed by atoms with Crippen LogP contribution in [0.15, 0.2) is 48.5 Å². The molecule has 1 N–H and O–H groups in total. The Morgan fingerprint density at radius 3 is 2.26 bits per heavy atom. The number of carbonyl (C=O) groups is 1. The highest BCUT2D eigenvalue weighted by atomic mass is 19.1. The van der Waals surface area contributed by atoms with Crippen LogP contribution in [0.2, 0.25) is 0 Å². The van der Waals surface area contributed by atoms with Crippen molar-refractivity contribution in [2.45, 2.75) is 32.1 Å². The van der Waals surface area contributed by atoms with Gasteiger partial charge in [0.1, 0.15) is 11.6 Å². The van der Waals surface area contributed by atoms with Crippen LogP contribution in [-0.4, -0.2) is 12.5 Å². The lowest BCUT2D eigenvalue weighted by Gasteiger charge is -2.24. The van der Waals surface area contributed by atoms with Gasteiger partial charge in [0.2, 0.25) is 5.91 Å². The molecule has 0 aliphatic heterocycles. The molecular weight excluding hydrogens is 296 g/mol. The lowest BCUT2D eigenvalue weighted by atomic mass is 9.81. The average Bonchev–Trinajstić information content (AvgIpc) is 2.46. The number of amides is 1. The maximum absolute atomic E-state index is 13.1. The number of hydrogen-bond acceptors (Lipinski definition) is 1. The molecule has 2 nitrogen and oxygen atoms in total. The normalized spacial score (nSPS) is 11.3. The summed E-state index contributed by atoms with van der Waals surface area (Å²) < 4.78 is 26.2. The number of nitrogens with one attached hydrogen (secondary N) is 1. The predicted molar refractivity (Wildman–Crippen MR) is 87.2 cm³/mol. The molecule has 0 spiro atoms. The van der Waals surface area contributed by atoms with Crippen molar-refractivity contribution in [3.05, 3.63) is 71.3 Å². The topological polar surface area (TPSA) is 29.1 Å². The monoisotopic (exact) mass is 317 g/mol. The van der Waals surface area contributed by atoms with Crippen molar-refractivity contribution in [1.29, 1.82) is 0 Å². The highest BCUT2D eigenvalue weighted by molar-refractivity contribution is 5.77. The average molecular weight is 317 g/mol. The van der Waals surface area contributed by atoms with Gasteiger partial charge in [0.05, 0.1) is 0 Å². The summed E-state index contributed by atoms with van der Waals surface area (Å²) in [5.74, 6) is -1.27. The van der Waals surface area contributed by atoms with Gasteiger partial charge in [0.15, 0.2) is 0 Å². The van der Waals surface area contributed by atoms with Gasteiger partial charge >= 0.3 is 0 Å². The number of benzene rings is 2. The molecule has 2 aromatic rings. The molecular formula is C19H21F2NO. The zero-order valence-corrected chi connectivity index (χ0v) is 13.4. The van der Waals surface area contributed by atoms with E-state index in [1.807, 2.05) is 44.2 Å². The third-order valence-corrected chi connectivity index (χ3v) is 3.82. The van der Waals surface area contributed by atoms with Gasteiger partial charge in [-0.15, -0.1) is 0 Å². The molecule has 0 bridgehead atoms. The molecule has 122 valence electrons. The molecule has 2 rings (SSSR count). The third kappa shape index (κ3) is 5.16. The maximum atomic E-state index is 13.1.